The molecular weight excluding hydrogens is 274 g/mol. The average molecular weight is 308 g/mol. The van der Waals surface area contributed by atoms with Crippen molar-refractivity contribution in [3.05, 3.63) is 0 Å². The molecule has 0 aliphatic carbocycles. The highest BCUT2D eigenvalue weighted by Gasteiger charge is 2.45. The van der Waals surface area contributed by atoms with Gasteiger partial charge in [0.1, 0.15) is 8.24 Å². The van der Waals surface area contributed by atoms with Crippen LogP contribution in [0.5, 0.6) is 0 Å². The standard InChI is InChI=1S/C10H33N3Si4/c1-11(14)16(7,8)13(3)17(9,10)12(2)15(4,5)6/h1-10,14H3. The second-order valence-electron chi connectivity index (χ2n) is 7.17. The zero-order chi connectivity index (χ0) is 14.2. The van der Waals surface area contributed by atoms with E-state index in [0.717, 1.165) is 10.4 Å². The maximum atomic E-state index is 2.77. The van der Waals surface area contributed by atoms with Gasteiger partial charge in [-0.25, -0.2) is 0 Å². The Kier molecular flexibility index (Phi) is 5.63. The molecule has 0 aliphatic rings. The van der Waals surface area contributed by atoms with Gasteiger partial charge in [0.25, 0.3) is 0 Å². The summed E-state index contributed by atoms with van der Waals surface area (Å²) in [6.45, 7) is 17.3. The minimum atomic E-state index is -1.47. The van der Waals surface area contributed by atoms with Crippen molar-refractivity contribution in [2.75, 3.05) is 21.1 Å². The predicted molar refractivity (Wildman–Crippen MR) is 91.5 cm³/mol. The Balaban J connectivity index is 5.20. The first kappa shape index (κ1) is 17.7. The van der Waals surface area contributed by atoms with Crippen molar-refractivity contribution in [3.63, 3.8) is 0 Å². The van der Waals surface area contributed by atoms with Crippen LogP contribution in [0, 0.1) is 0 Å². The predicted octanol–water partition coefficient (Wildman–Crippen LogP) is 1.30. The van der Waals surface area contributed by atoms with Crippen molar-refractivity contribution in [1.82, 2.24) is 12.7 Å². The van der Waals surface area contributed by atoms with Crippen molar-refractivity contribution >= 4 is 35.4 Å². The Morgan fingerprint density at radius 3 is 1.24 bits per heavy atom. The van der Waals surface area contributed by atoms with Gasteiger partial charge in [-0.2, -0.15) is 0 Å². The van der Waals surface area contributed by atoms with Crippen LogP contribution in [0.3, 0.4) is 0 Å². The molecule has 0 bridgehead atoms. The minimum Gasteiger partial charge on any atom is -0.344 e. The molecular formula is C10H33N3Si4. The maximum absolute atomic E-state index is 2.77. The Hall–Kier alpha value is 0.748. The van der Waals surface area contributed by atoms with Crippen molar-refractivity contribution in [1.29, 1.82) is 0 Å². The Labute approximate surface area is 115 Å². The van der Waals surface area contributed by atoms with Crippen LogP contribution in [0.15, 0.2) is 0 Å². The molecule has 0 atom stereocenters. The van der Waals surface area contributed by atoms with E-state index in [1.807, 2.05) is 0 Å². The van der Waals surface area contributed by atoms with Gasteiger partial charge in [0.2, 0.25) is 0 Å². The summed E-state index contributed by atoms with van der Waals surface area (Å²) in [5.74, 6) is 0. The zero-order valence-corrected chi connectivity index (χ0v) is 18.8. The van der Waals surface area contributed by atoms with Gasteiger partial charge in [-0.3, -0.25) is 0 Å². The maximum Gasteiger partial charge on any atom is 0.187 e. The van der Waals surface area contributed by atoms with Crippen LogP contribution >= 0.6 is 0 Å². The van der Waals surface area contributed by atoms with E-state index in [1.54, 1.807) is 0 Å². The first-order valence-electron chi connectivity index (χ1n) is 6.41. The normalized spacial score (nSPS) is 15.4. The third-order valence-corrected chi connectivity index (χ3v) is 23.9. The lowest BCUT2D eigenvalue weighted by Crippen LogP contribution is -2.74. The molecule has 0 saturated heterocycles. The first-order valence-corrected chi connectivity index (χ1v) is 16.5. The molecule has 0 saturated carbocycles. The number of hydrogen-bond donors (Lipinski definition) is 0. The van der Waals surface area contributed by atoms with Gasteiger partial charge in [-0.1, -0.05) is 19.6 Å². The van der Waals surface area contributed by atoms with Crippen molar-refractivity contribution in [3.8, 4) is 0 Å². The molecule has 7 heteroatoms. The van der Waals surface area contributed by atoms with Crippen LogP contribution in [0.25, 0.3) is 0 Å². The fourth-order valence-electron chi connectivity index (χ4n) is 2.02. The SMILES string of the molecule is CN([SiH3])[Si](C)(C)N(C)[Si](C)(C)N(C)[Si](C)(C)C. The molecule has 0 radical (unpaired) electrons. The Bertz CT molecular complexity index is 261. The summed E-state index contributed by atoms with van der Waals surface area (Å²) in [5.41, 5.74) is 0. The number of nitrogens with zero attached hydrogens (tertiary/aromatic N) is 3. The molecule has 0 rings (SSSR count). The van der Waals surface area contributed by atoms with Gasteiger partial charge < -0.3 is 12.7 Å². The van der Waals surface area contributed by atoms with Gasteiger partial charge in [0.15, 0.2) is 16.8 Å². The van der Waals surface area contributed by atoms with Gasteiger partial charge in [-0.05, 0) is 47.3 Å². The molecule has 0 aromatic carbocycles. The van der Waals surface area contributed by atoms with Crippen molar-refractivity contribution in [2.45, 2.75) is 45.8 Å². The van der Waals surface area contributed by atoms with Crippen LogP contribution < -0.4 is 0 Å². The average Bonchev–Trinajstić information content (AvgIpc) is 2.13. The molecule has 0 aromatic rings. The molecule has 0 heterocycles. The fourth-order valence-corrected chi connectivity index (χ4v) is 18.3. The lowest BCUT2D eigenvalue weighted by atomic mass is 11.6. The van der Waals surface area contributed by atoms with E-state index in [4.69, 9.17) is 0 Å². The number of rotatable bonds is 5. The van der Waals surface area contributed by atoms with E-state index >= 15 is 0 Å². The van der Waals surface area contributed by atoms with Crippen LogP contribution in [0.2, 0.25) is 45.8 Å². The summed E-state index contributed by atoms with van der Waals surface area (Å²) in [6.07, 6.45) is 0. The van der Waals surface area contributed by atoms with Gasteiger partial charge in [0, 0.05) is 0 Å². The van der Waals surface area contributed by atoms with Crippen LogP contribution in [0.1, 0.15) is 0 Å². The van der Waals surface area contributed by atoms with E-state index in [-0.39, 0.29) is 0 Å². The smallest absolute Gasteiger partial charge is 0.187 e. The summed E-state index contributed by atoms with van der Waals surface area (Å²) in [5, 5.41) is 0. The molecule has 104 valence electrons. The Morgan fingerprint density at radius 1 is 0.647 bits per heavy atom. The minimum absolute atomic E-state index is 1.16. The number of hydrogen-bond acceptors (Lipinski definition) is 3. The van der Waals surface area contributed by atoms with Gasteiger partial charge in [-0.15, -0.1) is 0 Å². The summed E-state index contributed by atoms with van der Waals surface area (Å²) in [7, 11) is 4.10. The van der Waals surface area contributed by atoms with E-state index in [9.17, 15) is 0 Å². The van der Waals surface area contributed by atoms with Gasteiger partial charge in [0.05, 0.1) is 10.4 Å². The second-order valence-corrected chi connectivity index (χ2v) is 24.2. The first-order chi connectivity index (χ1) is 7.25. The van der Waals surface area contributed by atoms with E-state index in [0.29, 0.717) is 0 Å². The highest BCUT2D eigenvalue weighted by Crippen LogP contribution is 2.25. The summed E-state index contributed by atoms with van der Waals surface area (Å²) < 4.78 is 8.10. The molecule has 0 fully saturated rings. The fraction of sp³-hybridized carbons (Fsp3) is 1.00. The third kappa shape index (κ3) is 3.85. The van der Waals surface area contributed by atoms with Crippen LogP contribution in [0.4, 0.5) is 0 Å². The van der Waals surface area contributed by atoms with E-state index < -0.39 is 25.0 Å². The zero-order valence-electron chi connectivity index (χ0n) is 13.8. The topological polar surface area (TPSA) is 9.72 Å². The van der Waals surface area contributed by atoms with Gasteiger partial charge >= 0.3 is 0 Å². The third-order valence-electron chi connectivity index (χ3n) is 4.56. The van der Waals surface area contributed by atoms with Crippen molar-refractivity contribution < 1.29 is 0 Å². The summed E-state index contributed by atoms with van der Waals surface area (Å²) in [4.78, 5) is 0. The molecule has 0 aliphatic heterocycles. The quantitative estimate of drug-likeness (QED) is 0.709. The van der Waals surface area contributed by atoms with E-state index in [1.165, 1.54) is 0 Å². The monoisotopic (exact) mass is 307 g/mol. The molecule has 0 spiro atoms. The molecule has 0 amide bonds. The van der Waals surface area contributed by atoms with Crippen molar-refractivity contribution in [2.24, 2.45) is 0 Å². The summed E-state index contributed by atoms with van der Waals surface area (Å²) in [6, 6.07) is 0. The molecule has 0 unspecified atom stereocenters. The largest absolute Gasteiger partial charge is 0.344 e. The lowest BCUT2D eigenvalue weighted by molar-refractivity contribution is 0.576. The van der Waals surface area contributed by atoms with E-state index in [2.05, 4.69) is 79.7 Å². The van der Waals surface area contributed by atoms with Crippen LogP contribution in [-0.4, -0.2) is 69.3 Å². The molecule has 0 N–H and O–H groups in total. The lowest BCUT2D eigenvalue weighted by Gasteiger charge is -2.53. The second kappa shape index (κ2) is 5.39. The molecule has 17 heavy (non-hydrogen) atoms. The molecule has 0 aromatic heterocycles. The Morgan fingerprint density at radius 2 is 1.00 bits per heavy atom. The van der Waals surface area contributed by atoms with Crippen LogP contribution in [-0.2, 0) is 0 Å². The highest BCUT2D eigenvalue weighted by atomic mass is 28.5. The highest BCUT2D eigenvalue weighted by molar-refractivity contribution is 6.95. The molecule has 3 nitrogen and oxygen atoms in total. The summed E-state index contributed by atoms with van der Waals surface area (Å²) >= 11 is 0.